The molecule has 1 N–H and O–H groups in total. The lowest BCUT2D eigenvalue weighted by Crippen LogP contribution is -2.47. The smallest absolute Gasteiger partial charge is 0.407 e. The van der Waals surface area contributed by atoms with Gasteiger partial charge in [0.05, 0.1) is 27.4 Å². The van der Waals surface area contributed by atoms with Crippen LogP contribution >= 0.6 is 12.4 Å². The zero-order chi connectivity index (χ0) is 15.6. The number of benzene rings is 1. The number of methoxy groups -OCH3 is 3. The predicted octanol–water partition coefficient (Wildman–Crippen LogP) is 2.94. The lowest BCUT2D eigenvalue weighted by atomic mass is 9.80. The Morgan fingerprint density at radius 1 is 1.09 bits per heavy atom. The minimum Gasteiger partial charge on any atom is -0.496 e. The van der Waals surface area contributed by atoms with Gasteiger partial charge >= 0.3 is 6.09 Å². The highest BCUT2D eigenvalue weighted by atomic mass is 35.5. The van der Waals surface area contributed by atoms with Crippen molar-refractivity contribution in [1.82, 2.24) is 5.32 Å². The molecule has 1 aliphatic rings. The number of hydrogen-bond donors (Lipinski definition) is 1. The molecule has 1 fully saturated rings. The topological polar surface area (TPSA) is 66.0 Å². The molecule has 1 heterocycles. The van der Waals surface area contributed by atoms with Crippen molar-refractivity contribution in [2.75, 3.05) is 27.9 Å². The standard InChI is InChI=1S/C15H21NO5.ClH/c1-15(2)8-21-14(17)16-13(15)9-6-11(19-4)12(20-5)7-10(9)18-3;/h6-7,13H,8H2,1-5H3,(H,16,17);1H/t13-;/m0./s1. The van der Waals surface area contributed by atoms with Crippen molar-refractivity contribution in [3.05, 3.63) is 17.7 Å². The van der Waals surface area contributed by atoms with Gasteiger partial charge < -0.3 is 24.3 Å². The van der Waals surface area contributed by atoms with Gasteiger partial charge in [-0.15, -0.1) is 12.4 Å². The van der Waals surface area contributed by atoms with Crippen molar-refractivity contribution in [1.29, 1.82) is 0 Å². The van der Waals surface area contributed by atoms with Gasteiger partial charge in [-0.05, 0) is 6.07 Å². The number of amides is 1. The highest BCUT2D eigenvalue weighted by Crippen LogP contribution is 2.44. The summed E-state index contributed by atoms with van der Waals surface area (Å²) < 4.78 is 21.1. The van der Waals surface area contributed by atoms with Gasteiger partial charge in [0.2, 0.25) is 0 Å². The minimum atomic E-state index is -0.434. The zero-order valence-electron chi connectivity index (χ0n) is 13.4. The summed E-state index contributed by atoms with van der Waals surface area (Å²) >= 11 is 0. The molecule has 0 radical (unpaired) electrons. The summed E-state index contributed by atoms with van der Waals surface area (Å²) in [4.78, 5) is 11.6. The van der Waals surface area contributed by atoms with E-state index in [1.165, 1.54) is 0 Å². The lowest BCUT2D eigenvalue weighted by molar-refractivity contribution is 0.0380. The second-order valence-corrected chi connectivity index (χ2v) is 5.59. The number of hydrogen-bond acceptors (Lipinski definition) is 5. The Morgan fingerprint density at radius 3 is 2.18 bits per heavy atom. The Kier molecular flexibility index (Phi) is 5.77. The molecule has 124 valence electrons. The third-order valence-electron chi connectivity index (χ3n) is 3.67. The van der Waals surface area contributed by atoms with E-state index >= 15 is 0 Å². The van der Waals surface area contributed by atoms with E-state index in [0.717, 1.165) is 5.56 Å². The Balaban J connectivity index is 0.00000242. The molecule has 2 rings (SSSR count). The first-order valence-corrected chi connectivity index (χ1v) is 6.66. The van der Waals surface area contributed by atoms with Crippen molar-refractivity contribution in [3.63, 3.8) is 0 Å². The minimum absolute atomic E-state index is 0. The van der Waals surface area contributed by atoms with Gasteiger partial charge in [-0.2, -0.15) is 0 Å². The van der Waals surface area contributed by atoms with Gasteiger partial charge in [-0.25, -0.2) is 4.79 Å². The molecule has 1 atom stereocenters. The van der Waals surface area contributed by atoms with Gasteiger partial charge in [-0.1, -0.05) is 13.8 Å². The number of carbonyl (C=O) groups excluding carboxylic acids is 1. The Morgan fingerprint density at radius 2 is 1.64 bits per heavy atom. The first-order valence-electron chi connectivity index (χ1n) is 6.66. The third kappa shape index (κ3) is 3.32. The molecular weight excluding hydrogens is 310 g/mol. The fraction of sp³-hybridized carbons (Fsp3) is 0.533. The molecule has 7 heteroatoms. The maximum absolute atomic E-state index is 11.6. The van der Waals surface area contributed by atoms with Crippen molar-refractivity contribution < 1.29 is 23.7 Å². The van der Waals surface area contributed by atoms with Crippen LogP contribution in [0.5, 0.6) is 17.2 Å². The van der Waals surface area contributed by atoms with Crippen molar-refractivity contribution >= 4 is 18.5 Å². The summed E-state index contributed by atoms with van der Waals surface area (Å²) in [6, 6.07) is 3.34. The maximum Gasteiger partial charge on any atom is 0.407 e. The quantitative estimate of drug-likeness (QED) is 0.918. The van der Waals surface area contributed by atoms with Crippen LogP contribution in [0, 0.1) is 5.41 Å². The highest BCUT2D eigenvalue weighted by Gasteiger charge is 2.39. The first kappa shape index (κ1) is 18.2. The predicted molar refractivity (Wildman–Crippen MR) is 84.4 cm³/mol. The summed E-state index contributed by atoms with van der Waals surface area (Å²) in [5.41, 5.74) is 0.553. The molecule has 0 unspecified atom stereocenters. The average Bonchev–Trinajstić information content (AvgIpc) is 2.48. The maximum atomic E-state index is 11.6. The largest absolute Gasteiger partial charge is 0.496 e. The molecule has 1 aliphatic heterocycles. The van der Waals surface area contributed by atoms with Gasteiger partial charge in [0.25, 0.3) is 0 Å². The Hall–Kier alpha value is -1.82. The normalized spacial score (nSPS) is 19.3. The molecule has 22 heavy (non-hydrogen) atoms. The van der Waals surface area contributed by atoms with Gasteiger partial charge in [-0.3, -0.25) is 0 Å². The van der Waals surface area contributed by atoms with Crippen LogP contribution in [0.1, 0.15) is 25.5 Å². The van der Waals surface area contributed by atoms with E-state index in [1.54, 1.807) is 27.4 Å². The Bertz CT molecular complexity index is 547. The van der Waals surface area contributed by atoms with E-state index < -0.39 is 6.09 Å². The van der Waals surface area contributed by atoms with Crippen LogP contribution < -0.4 is 19.5 Å². The SMILES string of the molecule is COc1cc(OC)c([C@@H]2NC(=O)OCC2(C)C)cc1OC.Cl. The number of alkyl carbamates (subject to hydrolysis) is 1. The van der Waals surface area contributed by atoms with Gasteiger partial charge in [0, 0.05) is 17.0 Å². The summed E-state index contributed by atoms with van der Waals surface area (Å²) in [5, 5.41) is 2.85. The van der Waals surface area contributed by atoms with Crippen LogP contribution in [0.2, 0.25) is 0 Å². The van der Waals surface area contributed by atoms with E-state index in [2.05, 4.69) is 5.32 Å². The molecule has 0 saturated carbocycles. The zero-order valence-corrected chi connectivity index (χ0v) is 14.2. The lowest BCUT2D eigenvalue weighted by Gasteiger charge is -2.39. The number of carbonyl (C=O) groups is 1. The van der Waals surface area contributed by atoms with Gasteiger partial charge in [0.15, 0.2) is 11.5 Å². The van der Waals surface area contributed by atoms with Crippen LogP contribution in [0.15, 0.2) is 12.1 Å². The van der Waals surface area contributed by atoms with Crippen molar-refractivity contribution in [2.24, 2.45) is 5.41 Å². The number of ether oxygens (including phenoxy) is 4. The summed E-state index contributed by atoms with van der Waals surface area (Å²) in [5.74, 6) is 1.80. The third-order valence-corrected chi connectivity index (χ3v) is 3.67. The molecule has 1 saturated heterocycles. The molecule has 1 aromatic rings. The molecule has 6 nitrogen and oxygen atoms in total. The van der Waals surface area contributed by atoms with E-state index in [4.69, 9.17) is 18.9 Å². The molecule has 1 amide bonds. The highest BCUT2D eigenvalue weighted by molar-refractivity contribution is 5.85. The van der Waals surface area contributed by atoms with Crippen LogP contribution in [0.25, 0.3) is 0 Å². The first-order chi connectivity index (χ1) is 9.92. The number of rotatable bonds is 4. The molecule has 0 aliphatic carbocycles. The fourth-order valence-corrected chi connectivity index (χ4v) is 2.47. The van der Waals surface area contributed by atoms with Gasteiger partial charge in [0.1, 0.15) is 12.4 Å². The molecule has 1 aromatic carbocycles. The molecule has 0 aromatic heterocycles. The second kappa shape index (κ2) is 6.96. The van der Waals surface area contributed by atoms with E-state index in [1.807, 2.05) is 19.9 Å². The molecule has 0 spiro atoms. The summed E-state index contributed by atoms with van der Waals surface area (Å²) in [7, 11) is 4.72. The number of halogens is 1. The fourth-order valence-electron chi connectivity index (χ4n) is 2.47. The average molecular weight is 332 g/mol. The summed E-state index contributed by atoms with van der Waals surface area (Å²) in [6.45, 7) is 4.38. The molecular formula is C15H22ClNO5. The van der Waals surface area contributed by atoms with Crippen molar-refractivity contribution in [3.8, 4) is 17.2 Å². The Labute approximate surface area is 136 Å². The van der Waals surface area contributed by atoms with E-state index in [-0.39, 0.29) is 23.9 Å². The molecule has 0 bridgehead atoms. The van der Waals surface area contributed by atoms with Crippen molar-refractivity contribution in [2.45, 2.75) is 19.9 Å². The van der Waals surface area contributed by atoms with Crippen LogP contribution in [0.3, 0.4) is 0 Å². The van der Waals surface area contributed by atoms with E-state index in [0.29, 0.717) is 23.9 Å². The monoisotopic (exact) mass is 331 g/mol. The van der Waals surface area contributed by atoms with E-state index in [9.17, 15) is 4.79 Å². The van der Waals surface area contributed by atoms with Crippen LogP contribution in [-0.2, 0) is 4.74 Å². The van der Waals surface area contributed by atoms with Crippen LogP contribution in [-0.4, -0.2) is 34.0 Å². The number of cyclic esters (lactones) is 1. The second-order valence-electron chi connectivity index (χ2n) is 5.59. The summed E-state index contributed by atoms with van der Waals surface area (Å²) in [6.07, 6.45) is -0.434. The number of nitrogens with one attached hydrogen (secondary N) is 1. The van der Waals surface area contributed by atoms with Crippen LogP contribution in [0.4, 0.5) is 4.79 Å².